The number of aromatic nitrogens is 4. The number of carbonyl (C=O) groups is 2. The lowest BCUT2D eigenvalue weighted by Crippen LogP contribution is -2.14. The summed E-state index contributed by atoms with van der Waals surface area (Å²) < 4.78 is 25.4. The van der Waals surface area contributed by atoms with Crippen molar-refractivity contribution in [1.29, 1.82) is 0 Å². The predicted octanol–water partition coefficient (Wildman–Crippen LogP) is 3.17. The molecule has 0 saturated carbocycles. The Bertz CT molecular complexity index is 1020. The Kier molecular flexibility index (Phi) is 7.36. The van der Waals surface area contributed by atoms with Crippen LogP contribution in [-0.4, -0.2) is 51.3 Å². The number of halogens is 1. The van der Waals surface area contributed by atoms with Gasteiger partial charge >= 0.3 is 5.97 Å². The number of benzene rings is 1. The zero-order valence-electron chi connectivity index (χ0n) is 16.1. The molecule has 3 aromatic rings. The summed E-state index contributed by atoms with van der Waals surface area (Å²) in [5.41, 5.74) is 0.640. The standard InChI is InChI=1S/C18H18FN5O4S2/c1-3-8-28-13-9-24(12-6-4-11(19)5-7-12)23-15(13)16(26)20-17-21-22-18(30-17)29-10-14(25)27-2/h4-7,9H,3,8,10H2,1-2H3,(H,20,21,26). The van der Waals surface area contributed by atoms with Gasteiger partial charge in [-0.1, -0.05) is 30.0 Å². The zero-order chi connectivity index (χ0) is 21.5. The van der Waals surface area contributed by atoms with Crippen LogP contribution in [0, 0.1) is 5.82 Å². The highest BCUT2D eigenvalue weighted by Crippen LogP contribution is 2.27. The number of esters is 1. The summed E-state index contributed by atoms with van der Waals surface area (Å²) in [4.78, 5) is 24.0. The van der Waals surface area contributed by atoms with Gasteiger partial charge in [0.1, 0.15) is 5.82 Å². The van der Waals surface area contributed by atoms with E-state index in [-0.39, 0.29) is 28.4 Å². The van der Waals surface area contributed by atoms with E-state index in [2.05, 4.69) is 25.3 Å². The lowest BCUT2D eigenvalue weighted by Gasteiger charge is -2.03. The normalized spacial score (nSPS) is 10.6. The fourth-order valence-electron chi connectivity index (χ4n) is 2.21. The fraction of sp³-hybridized carbons (Fsp3) is 0.278. The molecule has 0 aliphatic carbocycles. The molecule has 1 aromatic carbocycles. The van der Waals surface area contributed by atoms with Crippen molar-refractivity contribution >= 4 is 40.1 Å². The van der Waals surface area contributed by atoms with Gasteiger partial charge in [-0.15, -0.1) is 10.2 Å². The maximum absolute atomic E-state index is 13.2. The van der Waals surface area contributed by atoms with Crippen LogP contribution >= 0.6 is 23.1 Å². The molecule has 0 saturated heterocycles. The molecule has 0 atom stereocenters. The monoisotopic (exact) mass is 451 g/mol. The first kappa shape index (κ1) is 21.7. The first-order chi connectivity index (χ1) is 14.5. The van der Waals surface area contributed by atoms with Crippen LogP contribution in [0.3, 0.4) is 0 Å². The topological polar surface area (TPSA) is 108 Å². The van der Waals surface area contributed by atoms with E-state index in [1.165, 1.54) is 23.9 Å². The highest BCUT2D eigenvalue weighted by atomic mass is 32.2. The van der Waals surface area contributed by atoms with E-state index in [0.29, 0.717) is 22.4 Å². The Balaban J connectivity index is 1.76. The minimum atomic E-state index is -0.525. The van der Waals surface area contributed by atoms with Crippen molar-refractivity contribution in [3.8, 4) is 11.4 Å². The quantitative estimate of drug-likeness (QED) is 0.300. The van der Waals surface area contributed by atoms with Crippen molar-refractivity contribution in [2.75, 3.05) is 24.8 Å². The van der Waals surface area contributed by atoms with Crippen molar-refractivity contribution in [3.63, 3.8) is 0 Å². The molecule has 0 unspecified atom stereocenters. The first-order valence-electron chi connectivity index (χ1n) is 8.83. The third-order valence-corrected chi connectivity index (χ3v) is 5.56. The van der Waals surface area contributed by atoms with E-state index < -0.39 is 5.91 Å². The van der Waals surface area contributed by atoms with Crippen molar-refractivity contribution < 1.29 is 23.5 Å². The molecule has 0 radical (unpaired) electrons. The largest absolute Gasteiger partial charge is 0.489 e. The van der Waals surface area contributed by atoms with Gasteiger partial charge in [-0.3, -0.25) is 14.9 Å². The van der Waals surface area contributed by atoms with E-state index in [1.807, 2.05) is 6.92 Å². The lowest BCUT2D eigenvalue weighted by atomic mass is 10.3. The van der Waals surface area contributed by atoms with Crippen LogP contribution in [0.15, 0.2) is 34.8 Å². The van der Waals surface area contributed by atoms with Crippen molar-refractivity contribution in [3.05, 3.63) is 42.0 Å². The summed E-state index contributed by atoms with van der Waals surface area (Å²) in [6.45, 7) is 2.35. The number of nitrogens with one attached hydrogen (secondary N) is 1. The molecule has 0 spiro atoms. The fourth-order valence-corrected chi connectivity index (χ4v) is 3.79. The molecule has 1 N–H and O–H groups in total. The number of nitrogens with zero attached hydrogens (tertiary/aromatic N) is 4. The third-order valence-electron chi connectivity index (χ3n) is 3.62. The van der Waals surface area contributed by atoms with E-state index >= 15 is 0 Å². The van der Waals surface area contributed by atoms with Gasteiger partial charge in [-0.25, -0.2) is 9.07 Å². The molecule has 12 heteroatoms. The highest BCUT2D eigenvalue weighted by Gasteiger charge is 2.21. The van der Waals surface area contributed by atoms with Crippen LogP contribution in [0.25, 0.3) is 5.69 Å². The van der Waals surface area contributed by atoms with Gasteiger partial charge in [0.15, 0.2) is 15.8 Å². The Hall–Kier alpha value is -2.99. The molecule has 0 aliphatic rings. The van der Waals surface area contributed by atoms with Crippen LogP contribution in [0.5, 0.6) is 5.75 Å². The van der Waals surface area contributed by atoms with E-state index in [0.717, 1.165) is 29.5 Å². The van der Waals surface area contributed by atoms with Crippen LogP contribution < -0.4 is 10.1 Å². The molecule has 2 aromatic heterocycles. The molecule has 30 heavy (non-hydrogen) atoms. The number of hydrogen-bond donors (Lipinski definition) is 1. The Morgan fingerprint density at radius 2 is 2.03 bits per heavy atom. The second-order valence-electron chi connectivity index (χ2n) is 5.80. The Morgan fingerprint density at radius 1 is 1.27 bits per heavy atom. The number of thioether (sulfide) groups is 1. The average molecular weight is 452 g/mol. The number of ether oxygens (including phenoxy) is 2. The van der Waals surface area contributed by atoms with Gasteiger partial charge in [0, 0.05) is 0 Å². The number of amides is 1. The lowest BCUT2D eigenvalue weighted by molar-refractivity contribution is -0.137. The van der Waals surface area contributed by atoms with Crippen LogP contribution in [0.1, 0.15) is 23.8 Å². The first-order valence-corrected chi connectivity index (χ1v) is 10.6. The molecular formula is C18H18FN5O4S2. The Labute approximate surface area is 179 Å². The summed E-state index contributed by atoms with van der Waals surface area (Å²) in [6.07, 6.45) is 2.31. The second kappa shape index (κ2) is 10.2. The van der Waals surface area contributed by atoms with Gasteiger partial charge in [0.2, 0.25) is 5.13 Å². The molecule has 0 aliphatic heterocycles. The zero-order valence-corrected chi connectivity index (χ0v) is 17.8. The molecule has 3 rings (SSSR count). The SMILES string of the molecule is CCCOc1cn(-c2ccc(F)cc2)nc1C(=O)Nc1nnc(SCC(=O)OC)s1. The molecule has 1 amide bonds. The molecule has 2 heterocycles. The molecular weight excluding hydrogens is 433 g/mol. The summed E-state index contributed by atoms with van der Waals surface area (Å²) in [6, 6.07) is 5.70. The minimum Gasteiger partial charge on any atom is -0.489 e. The average Bonchev–Trinajstić information content (AvgIpc) is 3.38. The number of rotatable bonds is 9. The summed E-state index contributed by atoms with van der Waals surface area (Å²) >= 11 is 2.28. The summed E-state index contributed by atoms with van der Waals surface area (Å²) in [5, 5.41) is 15.0. The van der Waals surface area contributed by atoms with Gasteiger partial charge in [0.25, 0.3) is 5.91 Å². The van der Waals surface area contributed by atoms with Gasteiger partial charge in [-0.2, -0.15) is 5.10 Å². The van der Waals surface area contributed by atoms with Crippen LogP contribution in [0.4, 0.5) is 9.52 Å². The van der Waals surface area contributed by atoms with Crippen LogP contribution in [0.2, 0.25) is 0 Å². The maximum atomic E-state index is 13.2. The Morgan fingerprint density at radius 3 is 2.73 bits per heavy atom. The number of anilines is 1. The summed E-state index contributed by atoms with van der Waals surface area (Å²) in [5.74, 6) is -0.893. The number of carbonyl (C=O) groups excluding carboxylic acids is 2. The van der Waals surface area contributed by atoms with E-state index in [1.54, 1.807) is 18.3 Å². The van der Waals surface area contributed by atoms with Crippen molar-refractivity contribution in [1.82, 2.24) is 20.0 Å². The number of methoxy groups -OCH3 is 1. The maximum Gasteiger partial charge on any atom is 0.316 e. The summed E-state index contributed by atoms with van der Waals surface area (Å²) in [7, 11) is 1.30. The number of hydrogen-bond acceptors (Lipinski definition) is 9. The van der Waals surface area contributed by atoms with Gasteiger partial charge < -0.3 is 9.47 Å². The third kappa shape index (κ3) is 5.54. The second-order valence-corrected chi connectivity index (χ2v) is 8.00. The minimum absolute atomic E-state index is 0.0618. The van der Waals surface area contributed by atoms with Gasteiger partial charge in [0.05, 0.1) is 31.4 Å². The van der Waals surface area contributed by atoms with E-state index in [9.17, 15) is 14.0 Å². The van der Waals surface area contributed by atoms with Gasteiger partial charge in [-0.05, 0) is 30.7 Å². The van der Waals surface area contributed by atoms with Crippen molar-refractivity contribution in [2.24, 2.45) is 0 Å². The van der Waals surface area contributed by atoms with Crippen LogP contribution in [-0.2, 0) is 9.53 Å². The molecule has 0 bridgehead atoms. The smallest absolute Gasteiger partial charge is 0.316 e. The predicted molar refractivity (Wildman–Crippen MR) is 110 cm³/mol. The van der Waals surface area contributed by atoms with E-state index in [4.69, 9.17) is 4.74 Å². The molecule has 9 nitrogen and oxygen atoms in total. The van der Waals surface area contributed by atoms with Crippen molar-refractivity contribution in [2.45, 2.75) is 17.7 Å². The highest BCUT2D eigenvalue weighted by molar-refractivity contribution is 8.01. The molecule has 158 valence electrons. The molecule has 0 fully saturated rings.